The number of hydrogen-bond donors (Lipinski definition) is 1. The molecule has 0 radical (unpaired) electrons. The third-order valence-corrected chi connectivity index (χ3v) is 5.31. The Labute approximate surface area is 139 Å². The van der Waals surface area contributed by atoms with Crippen LogP contribution in [0.1, 0.15) is 76.0 Å². The molecule has 3 nitrogen and oxygen atoms in total. The molecule has 0 bridgehead atoms. The first-order valence-electron chi connectivity index (χ1n) is 8.12. The van der Waals surface area contributed by atoms with E-state index in [4.69, 9.17) is 0 Å². The maximum atomic E-state index is 12.0. The second-order valence-corrected chi connectivity index (χ2v) is 8.45. The average Bonchev–Trinajstić information content (AvgIpc) is 2.42. The van der Waals surface area contributed by atoms with Crippen molar-refractivity contribution in [1.82, 2.24) is 0 Å². The van der Waals surface area contributed by atoms with Crippen LogP contribution in [-0.2, 0) is 10.1 Å². The summed E-state index contributed by atoms with van der Waals surface area (Å²) >= 11 is 0. The Morgan fingerprint density at radius 1 is 0.739 bits per heavy atom. The summed E-state index contributed by atoms with van der Waals surface area (Å²) in [7, 11) is -4.28. The fraction of sp³-hybridized carbons (Fsp3) is 0.474. The third-order valence-electron chi connectivity index (χ3n) is 4.34. The molecule has 23 heavy (non-hydrogen) atoms. The van der Waals surface area contributed by atoms with Gasteiger partial charge in [-0.15, -0.1) is 0 Å². The molecule has 126 valence electrons. The molecule has 1 N–H and O–H groups in total. The van der Waals surface area contributed by atoms with Crippen LogP contribution in [-0.4, -0.2) is 13.0 Å². The molecule has 2 rings (SSSR count). The van der Waals surface area contributed by atoms with Gasteiger partial charge in [0.2, 0.25) is 0 Å². The van der Waals surface area contributed by atoms with Crippen LogP contribution in [0, 0.1) is 0 Å². The molecular formula is C19H26O3S. The molecule has 4 heteroatoms. The monoisotopic (exact) mass is 334 g/mol. The quantitative estimate of drug-likeness (QED) is 0.756. The lowest BCUT2D eigenvalue weighted by Crippen LogP contribution is -2.08. The van der Waals surface area contributed by atoms with Crippen molar-refractivity contribution in [3.8, 4) is 0 Å². The van der Waals surface area contributed by atoms with E-state index in [2.05, 4.69) is 27.7 Å². The maximum absolute atomic E-state index is 12.0. The predicted molar refractivity (Wildman–Crippen MR) is 96.0 cm³/mol. The Morgan fingerprint density at radius 3 is 1.65 bits per heavy atom. The SMILES string of the molecule is CC(C)c1ccc2c(S(=O)(=O)O)c(C(C)C)ccc2c1C(C)C. The van der Waals surface area contributed by atoms with Crippen molar-refractivity contribution in [2.24, 2.45) is 0 Å². The van der Waals surface area contributed by atoms with E-state index in [0.717, 1.165) is 10.9 Å². The lowest BCUT2D eigenvalue weighted by molar-refractivity contribution is 0.482. The van der Waals surface area contributed by atoms with Crippen LogP contribution < -0.4 is 0 Å². The Bertz CT molecular complexity index is 831. The largest absolute Gasteiger partial charge is 0.295 e. The molecule has 0 spiro atoms. The van der Waals surface area contributed by atoms with Gasteiger partial charge in [0.15, 0.2) is 0 Å². The van der Waals surface area contributed by atoms with Crippen LogP contribution >= 0.6 is 0 Å². The van der Waals surface area contributed by atoms with Crippen molar-refractivity contribution in [3.05, 3.63) is 41.0 Å². The Balaban J connectivity index is 3.02. The van der Waals surface area contributed by atoms with E-state index in [9.17, 15) is 13.0 Å². The van der Waals surface area contributed by atoms with Crippen LogP contribution in [0.25, 0.3) is 10.8 Å². The first kappa shape index (κ1) is 18.0. The predicted octanol–water partition coefficient (Wildman–Crippen LogP) is 5.46. The van der Waals surface area contributed by atoms with E-state index in [0.29, 0.717) is 16.9 Å². The van der Waals surface area contributed by atoms with Gasteiger partial charge in [-0.1, -0.05) is 65.8 Å². The molecule has 0 saturated carbocycles. The smallest absolute Gasteiger partial charge is 0.282 e. The first-order valence-corrected chi connectivity index (χ1v) is 9.56. The van der Waals surface area contributed by atoms with E-state index in [1.54, 1.807) is 0 Å². The summed E-state index contributed by atoms with van der Waals surface area (Å²) < 4.78 is 33.9. The minimum Gasteiger partial charge on any atom is -0.282 e. The molecule has 0 heterocycles. The summed E-state index contributed by atoms with van der Waals surface area (Å²) in [4.78, 5) is 0.0576. The summed E-state index contributed by atoms with van der Waals surface area (Å²) in [5, 5.41) is 1.54. The summed E-state index contributed by atoms with van der Waals surface area (Å²) in [5.41, 5.74) is 3.05. The van der Waals surface area contributed by atoms with Gasteiger partial charge in [0.25, 0.3) is 10.1 Å². The van der Waals surface area contributed by atoms with Crippen LogP contribution in [0.2, 0.25) is 0 Å². The van der Waals surface area contributed by atoms with Gasteiger partial charge in [-0.2, -0.15) is 8.42 Å². The van der Waals surface area contributed by atoms with E-state index in [1.807, 2.05) is 38.1 Å². The first-order chi connectivity index (χ1) is 10.6. The fourth-order valence-electron chi connectivity index (χ4n) is 3.33. The van der Waals surface area contributed by atoms with Crippen LogP contribution in [0.15, 0.2) is 29.2 Å². The van der Waals surface area contributed by atoms with Crippen molar-refractivity contribution in [1.29, 1.82) is 0 Å². The third kappa shape index (κ3) is 3.29. The molecule has 0 aliphatic carbocycles. The Kier molecular flexibility index (Phi) is 4.88. The number of rotatable bonds is 4. The van der Waals surface area contributed by atoms with Crippen LogP contribution in [0.5, 0.6) is 0 Å². The highest BCUT2D eigenvalue weighted by molar-refractivity contribution is 7.86. The van der Waals surface area contributed by atoms with Gasteiger partial charge in [-0.25, -0.2) is 0 Å². The lowest BCUT2D eigenvalue weighted by Gasteiger charge is -2.21. The topological polar surface area (TPSA) is 54.4 Å². The average molecular weight is 334 g/mol. The molecule has 2 aromatic carbocycles. The van der Waals surface area contributed by atoms with Crippen molar-refractivity contribution in [3.63, 3.8) is 0 Å². The molecule has 0 unspecified atom stereocenters. The maximum Gasteiger partial charge on any atom is 0.295 e. The number of benzene rings is 2. The molecule has 0 fully saturated rings. The second kappa shape index (κ2) is 6.25. The summed E-state index contributed by atoms with van der Waals surface area (Å²) in [6, 6.07) is 7.68. The zero-order chi connectivity index (χ0) is 17.5. The van der Waals surface area contributed by atoms with Crippen LogP contribution in [0.4, 0.5) is 0 Å². The van der Waals surface area contributed by atoms with Crippen molar-refractivity contribution >= 4 is 20.9 Å². The highest BCUT2D eigenvalue weighted by Gasteiger charge is 2.23. The fourth-order valence-corrected chi connectivity index (χ4v) is 4.38. The standard InChI is InChI=1S/C19H26O3S/c1-11(2)14-7-10-17-16(18(14)13(5)6)9-8-15(12(3)4)19(17)23(20,21)22/h7-13H,1-6H3,(H,20,21,22). The zero-order valence-corrected chi connectivity index (χ0v) is 15.5. The summed E-state index contributed by atoms with van der Waals surface area (Å²) in [6.45, 7) is 12.4. The molecule has 0 amide bonds. The second-order valence-electron chi connectivity index (χ2n) is 7.09. The van der Waals surface area contributed by atoms with Crippen molar-refractivity contribution in [2.75, 3.05) is 0 Å². The van der Waals surface area contributed by atoms with E-state index < -0.39 is 10.1 Å². The molecule has 0 saturated heterocycles. The molecule has 0 atom stereocenters. The molecule has 0 aliphatic heterocycles. The summed E-state index contributed by atoms with van der Waals surface area (Å²) in [5.74, 6) is 0.648. The van der Waals surface area contributed by atoms with Gasteiger partial charge in [0, 0.05) is 5.39 Å². The minimum absolute atomic E-state index is 0.0172. The van der Waals surface area contributed by atoms with E-state index in [-0.39, 0.29) is 16.7 Å². The van der Waals surface area contributed by atoms with Crippen LogP contribution in [0.3, 0.4) is 0 Å². The molecule has 0 aliphatic rings. The van der Waals surface area contributed by atoms with Gasteiger partial charge in [-0.3, -0.25) is 4.55 Å². The van der Waals surface area contributed by atoms with Crippen molar-refractivity contribution in [2.45, 2.75) is 64.2 Å². The normalized spacial score (nSPS) is 12.8. The van der Waals surface area contributed by atoms with Crippen molar-refractivity contribution < 1.29 is 13.0 Å². The van der Waals surface area contributed by atoms with Gasteiger partial charge >= 0.3 is 0 Å². The zero-order valence-electron chi connectivity index (χ0n) is 14.7. The highest BCUT2D eigenvalue weighted by atomic mass is 32.2. The Hall–Kier alpha value is -1.39. The molecule has 2 aromatic rings. The number of fused-ring (bicyclic) bond motifs is 1. The molecular weight excluding hydrogens is 308 g/mol. The van der Waals surface area contributed by atoms with E-state index in [1.165, 1.54) is 5.56 Å². The van der Waals surface area contributed by atoms with Gasteiger partial charge in [-0.05, 0) is 39.8 Å². The molecule has 0 aromatic heterocycles. The van der Waals surface area contributed by atoms with Gasteiger partial charge in [0.1, 0.15) is 4.90 Å². The summed E-state index contributed by atoms with van der Waals surface area (Å²) in [6.07, 6.45) is 0. The number of hydrogen-bond acceptors (Lipinski definition) is 2. The lowest BCUT2D eigenvalue weighted by atomic mass is 9.85. The van der Waals surface area contributed by atoms with E-state index >= 15 is 0 Å². The van der Waals surface area contributed by atoms with Gasteiger partial charge in [0.05, 0.1) is 0 Å². The Morgan fingerprint density at radius 2 is 1.22 bits per heavy atom. The minimum atomic E-state index is -4.28. The highest BCUT2D eigenvalue weighted by Crippen LogP contribution is 2.38. The van der Waals surface area contributed by atoms with Gasteiger partial charge < -0.3 is 0 Å².